The maximum absolute atomic E-state index is 5.62. The highest BCUT2D eigenvalue weighted by Crippen LogP contribution is 2.17. The van der Waals surface area contributed by atoms with Crippen LogP contribution >= 0.6 is 0 Å². The predicted octanol–water partition coefficient (Wildman–Crippen LogP) is 1.17. The van der Waals surface area contributed by atoms with Gasteiger partial charge in [-0.3, -0.25) is 0 Å². The lowest BCUT2D eigenvalue weighted by Gasteiger charge is -2.21. The molecular weight excluding hydrogens is 206 g/mol. The van der Waals surface area contributed by atoms with Crippen molar-refractivity contribution in [2.75, 3.05) is 25.6 Å². The Labute approximate surface area is 95.0 Å². The van der Waals surface area contributed by atoms with Crippen molar-refractivity contribution in [1.82, 2.24) is 9.97 Å². The Morgan fingerprint density at radius 3 is 2.88 bits per heavy atom. The van der Waals surface area contributed by atoms with E-state index in [4.69, 9.17) is 15.2 Å². The van der Waals surface area contributed by atoms with Crippen LogP contribution in [-0.4, -0.2) is 29.8 Å². The second kappa shape index (κ2) is 5.12. The highest BCUT2D eigenvalue weighted by Gasteiger charge is 2.14. The minimum Gasteiger partial charge on any atom is -0.477 e. The lowest BCUT2D eigenvalue weighted by Crippen LogP contribution is -2.21. The maximum Gasteiger partial charge on any atom is 0.223 e. The van der Waals surface area contributed by atoms with Gasteiger partial charge in [-0.25, -0.2) is 4.98 Å². The summed E-state index contributed by atoms with van der Waals surface area (Å²) in [5.41, 5.74) is 6.37. The SMILES string of the molecule is Cc1cc(OCC2CCOCC2)nc(N)n1. The van der Waals surface area contributed by atoms with E-state index in [1.165, 1.54) is 0 Å². The van der Waals surface area contributed by atoms with Crippen LogP contribution in [0.25, 0.3) is 0 Å². The average molecular weight is 223 g/mol. The monoisotopic (exact) mass is 223 g/mol. The smallest absolute Gasteiger partial charge is 0.223 e. The number of hydrogen-bond acceptors (Lipinski definition) is 5. The van der Waals surface area contributed by atoms with E-state index in [0.29, 0.717) is 18.4 Å². The first-order chi connectivity index (χ1) is 7.74. The fourth-order valence-corrected chi connectivity index (χ4v) is 1.75. The molecule has 2 N–H and O–H groups in total. The first-order valence-electron chi connectivity index (χ1n) is 5.56. The number of aromatic nitrogens is 2. The Hall–Kier alpha value is -1.36. The summed E-state index contributed by atoms with van der Waals surface area (Å²) in [6, 6.07) is 1.80. The van der Waals surface area contributed by atoms with Gasteiger partial charge in [-0.2, -0.15) is 4.98 Å². The molecule has 0 radical (unpaired) electrons. The van der Waals surface area contributed by atoms with Crippen molar-refractivity contribution >= 4 is 5.95 Å². The van der Waals surface area contributed by atoms with Gasteiger partial charge in [-0.1, -0.05) is 0 Å². The van der Waals surface area contributed by atoms with Crippen molar-refractivity contribution in [3.8, 4) is 5.88 Å². The van der Waals surface area contributed by atoms with Crippen LogP contribution in [0.2, 0.25) is 0 Å². The molecule has 2 heterocycles. The van der Waals surface area contributed by atoms with E-state index >= 15 is 0 Å². The highest BCUT2D eigenvalue weighted by molar-refractivity contribution is 5.25. The van der Waals surface area contributed by atoms with Crippen LogP contribution in [-0.2, 0) is 4.74 Å². The Morgan fingerprint density at radius 1 is 1.44 bits per heavy atom. The first-order valence-corrected chi connectivity index (χ1v) is 5.56. The molecular formula is C11H17N3O2. The van der Waals surface area contributed by atoms with Gasteiger partial charge < -0.3 is 15.2 Å². The molecule has 0 aliphatic carbocycles. The molecule has 1 saturated heterocycles. The second-order valence-electron chi connectivity index (χ2n) is 4.07. The van der Waals surface area contributed by atoms with Crippen LogP contribution in [0, 0.1) is 12.8 Å². The van der Waals surface area contributed by atoms with Crippen molar-refractivity contribution in [3.63, 3.8) is 0 Å². The molecule has 1 aliphatic rings. The summed E-state index contributed by atoms with van der Waals surface area (Å²) in [5, 5.41) is 0. The summed E-state index contributed by atoms with van der Waals surface area (Å²) < 4.78 is 10.9. The quantitative estimate of drug-likeness (QED) is 0.833. The van der Waals surface area contributed by atoms with E-state index in [-0.39, 0.29) is 5.95 Å². The molecule has 5 nitrogen and oxygen atoms in total. The van der Waals surface area contributed by atoms with Crippen LogP contribution < -0.4 is 10.5 Å². The number of ether oxygens (including phenoxy) is 2. The number of anilines is 1. The summed E-state index contributed by atoms with van der Waals surface area (Å²) in [7, 11) is 0. The number of nitrogens with zero attached hydrogens (tertiary/aromatic N) is 2. The van der Waals surface area contributed by atoms with E-state index in [1.54, 1.807) is 6.07 Å². The number of nitrogen functional groups attached to an aromatic ring is 1. The van der Waals surface area contributed by atoms with E-state index < -0.39 is 0 Å². The number of rotatable bonds is 3. The zero-order valence-electron chi connectivity index (χ0n) is 9.48. The van der Waals surface area contributed by atoms with Gasteiger partial charge in [0.25, 0.3) is 0 Å². The van der Waals surface area contributed by atoms with Crippen molar-refractivity contribution < 1.29 is 9.47 Å². The topological polar surface area (TPSA) is 70.3 Å². The molecule has 1 aliphatic heterocycles. The molecule has 0 aromatic carbocycles. The average Bonchev–Trinajstić information content (AvgIpc) is 2.27. The molecule has 0 atom stereocenters. The molecule has 0 amide bonds. The lowest BCUT2D eigenvalue weighted by atomic mass is 10.0. The minimum absolute atomic E-state index is 0.266. The summed E-state index contributed by atoms with van der Waals surface area (Å²) in [4.78, 5) is 8.03. The molecule has 0 unspecified atom stereocenters. The van der Waals surface area contributed by atoms with Crippen molar-refractivity contribution in [2.45, 2.75) is 19.8 Å². The maximum atomic E-state index is 5.62. The van der Waals surface area contributed by atoms with Gasteiger partial charge >= 0.3 is 0 Å². The summed E-state index contributed by atoms with van der Waals surface area (Å²) in [6.07, 6.45) is 2.11. The summed E-state index contributed by atoms with van der Waals surface area (Å²) in [6.45, 7) is 4.22. The largest absolute Gasteiger partial charge is 0.477 e. The number of aryl methyl sites for hydroxylation is 1. The van der Waals surface area contributed by atoms with Gasteiger partial charge in [0.2, 0.25) is 11.8 Å². The van der Waals surface area contributed by atoms with Crippen LogP contribution in [0.3, 0.4) is 0 Å². The molecule has 2 rings (SSSR count). The fourth-order valence-electron chi connectivity index (χ4n) is 1.75. The van der Waals surface area contributed by atoms with Gasteiger partial charge in [0.1, 0.15) is 0 Å². The predicted molar refractivity (Wildman–Crippen MR) is 60.2 cm³/mol. The zero-order valence-corrected chi connectivity index (χ0v) is 9.48. The van der Waals surface area contributed by atoms with E-state index in [9.17, 15) is 0 Å². The van der Waals surface area contributed by atoms with Gasteiger partial charge in [0.15, 0.2) is 0 Å². The summed E-state index contributed by atoms with van der Waals surface area (Å²) >= 11 is 0. The number of nitrogens with two attached hydrogens (primary N) is 1. The minimum atomic E-state index is 0.266. The van der Waals surface area contributed by atoms with Crippen LogP contribution in [0.5, 0.6) is 5.88 Å². The van der Waals surface area contributed by atoms with Crippen molar-refractivity contribution in [3.05, 3.63) is 11.8 Å². The normalized spacial score (nSPS) is 17.3. The lowest BCUT2D eigenvalue weighted by molar-refractivity contribution is 0.0490. The summed E-state index contributed by atoms with van der Waals surface area (Å²) in [5.74, 6) is 1.39. The fraction of sp³-hybridized carbons (Fsp3) is 0.636. The van der Waals surface area contributed by atoms with Gasteiger partial charge in [0.05, 0.1) is 6.61 Å². The molecule has 88 valence electrons. The third kappa shape index (κ3) is 3.06. The first kappa shape index (κ1) is 11.1. The van der Waals surface area contributed by atoms with E-state index in [0.717, 1.165) is 31.7 Å². The van der Waals surface area contributed by atoms with E-state index in [1.807, 2.05) is 6.92 Å². The third-order valence-electron chi connectivity index (χ3n) is 2.66. The van der Waals surface area contributed by atoms with Crippen LogP contribution in [0.1, 0.15) is 18.5 Å². The molecule has 1 fully saturated rings. The molecule has 0 bridgehead atoms. The Bertz CT molecular complexity index is 331. The molecule has 5 heteroatoms. The van der Waals surface area contributed by atoms with Gasteiger partial charge in [-0.15, -0.1) is 0 Å². The highest BCUT2D eigenvalue weighted by atomic mass is 16.5. The standard InChI is InChI=1S/C11H17N3O2/c1-8-6-10(14-11(12)13-8)16-7-9-2-4-15-5-3-9/h6,9H,2-5,7H2,1H3,(H2,12,13,14). The molecule has 16 heavy (non-hydrogen) atoms. The molecule has 1 aromatic rings. The van der Waals surface area contributed by atoms with Crippen molar-refractivity contribution in [1.29, 1.82) is 0 Å². The van der Waals surface area contributed by atoms with Gasteiger partial charge in [-0.05, 0) is 25.7 Å². The second-order valence-corrected chi connectivity index (χ2v) is 4.07. The van der Waals surface area contributed by atoms with E-state index in [2.05, 4.69) is 9.97 Å². The van der Waals surface area contributed by atoms with Crippen LogP contribution in [0.15, 0.2) is 6.07 Å². The molecule has 1 aromatic heterocycles. The Morgan fingerprint density at radius 2 is 2.19 bits per heavy atom. The molecule has 0 saturated carbocycles. The van der Waals surface area contributed by atoms with Crippen LogP contribution in [0.4, 0.5) is 5.95 Å². The Balaban J connectivity index is 1.88. The van der Waals surface area contributed by atoms with Crippen molar-refractivity contribution in [2.24, 2.45) is 5.92 Å². The third-order valence-corrected chi connectivity index (χ3v) is 2.66. The number of hydrogen-bond donors (Lipinski definition) is 1. The van der Waals surface area contributed by atoms with Gasteiger partial charge in [0, 0.05) is 25.0 Å². The molecule has 0 spiro atoms. The zero-order chi connectivity index (χ0) is 11.4. The Kier molecular flexibility index (Phi) is 3.56.